The minimum atomic E-state index is 0.844. The van der Waals surface area contributed by atoms with Gasteiger partial charge in [-0.15, -0.1) is 11.3 Å². The van der Waals surface area contributed by atoms with E-state index < -0.39 is 0 Å². The van der Waals surface area contributed by atoms with Gasteiger partial charge in [-0.1, -0.05) is 11.8 Å². The highest BCUT2D eigenvalue weighted by atomic mass is 32.2. The van der Waals surface area contributed by atoms with Gasteiger partial charge in [0.15, 0.2) is 0 Å². The quantitative estimate of drug-likeness (QED) is 0.598. The molecule has 2 nitrogen and oxygen atoms in total. The summed E-state index contributed by atoms with van der Waals surface area (Å²) in [6, 6.07) is 0.844. The summed E-state index contributed by atoms with van der Waals surface area (Å²) in [4.78, 5) is 4.28. The van der Waals surface area contributed by atoms with E-state index in [2.05, 4.69) is 10.3 Å². The minimum Gasteiger partial charge on any atom is -0.313 e. The molecule has 88 valence electrons. The van der Waals surface area contributed by atoms with Crippen molar-refractivity contribution >= 4 is 23.1 Å². The van der Waals surface area contributed by atoms with Crippen LogP contribution in [-0.4, -0.2) is 23.3 Å². The molecule has 0 aliphatic heterocycles. The Kier molecular flexibility index (Phi) is 3.50. The summed E-state index contributed by atoms with van der Waals surface area (Å²) in [5, 5.41) is 5.81. The highest BCUT2D eigenvalue weighted by Gasteiger charge is 2.40. The fraction of sp³-hybridized carbons (Fsp3) is 0.750. The fourth-order valence-electron chi connectivity index (χ4n) is 2.27. The number of thiazole rings is 1. The molecule has 0 unspecified atom stereocenters. The van der Waals surface area contributed by atoms with Crippen molar-refractivity contribution in [2.24, 2.45) is 11.8 Å². The molecule has 1 heterocycles. The number of hydrogen-bond donors (Lipinski definition) is 1. The van der Waals surface area contributed by atoms with Crippen LogP contribution < -0.4 is 5.32 Å². The van der Waals surface area contributed by atoms with E-state index in [9.17, 15) is 0 Å². The van der Waals surface area contributed by atoms with Gasteiger partial charge in [-0.25, -0.2) is 4.98 Å². The summed E-state index contributed by atoms with van der Waals surface area (Å²) in [5.41, 5.74) is 0. The van der Waals surface area contributed by atoms with E-state index in [1.54, 1.807) is 11.3 Å². The van der Waals surface area contributed by atoms with Gasteiger partial charge in [-0.05, 0) is 37.5 Å². The number of aromatic nitrogens is 1. The molecule has 16 heavy (non-hydrogen) atoms. The topological polar surface area (TPSA) is 24.9 Å². The van der Waals surface area contributed by atoms with Crippen molar-refractivity contribution in [3.05, 3.63) is 11.6 Å². The zero-order valence-corrected chi connectivity index (χ0v) is 11.0. The Bertz CT molecular complexity index is 306. The number of nitrogens with zero attached hydrogens (tertiary/aromatic N) is 1. The van der Waals surface area contributed by atoms with E-state index in [1.165, 1.54) is 30.0 Å². The van der Waals surface area contributed by atoms with E-state index in [0.29, 0.717) is 0 Å². The van der Waals surface area contributed by atoms with Crippen LogP contribution in [-0.2, 0) is 0 Å². The monoisotopic (exact) mass is 254 g/mol. The van der Waals surface area contributed by atoms with Gasteiger partial charge in [0.2, 0.25) is 0 Å². The van der Waals surface area contributed by atoms with Crippen molar-refractivity contribution < 1.29 is 0 Å². The summed E-state index contributed by atoms with van der Waals surface area (Å²) in [6.07, 6.45) is 7.75. The predicted molar refractivity (Wildman–Crippen MR) is 70.1 cm³/mol. The first-order valence-electron chi connectivity index (χ1n) is 6.19. The summed E-state index contributed by atoms with van der Waals surface area (Å²) < 4.78 is 1.20. The van der Waals surface area contributed by atoms with Gasteiger partial charge >= 0.3 is 0 Å². The summed E-state index contributed by atoms with van der Waals surface area (Å²) >= 11 is 3.62. The van der Waals surface area contributed by atoms with Gasteiger partial charge in [0.05, 0.1) is 0 Å². The zero-order chi connectivity index (χ0) is 10.8. The molecule has 2 saturated carbocycles. The maximum absolute atomic E-state index is 4.28. The van der Waals surface area contributed by atoms with E-state index in [0.717, 1.165) is 30.2 Å². The van der Waals surface area contributed by atoms with Crippen LogP contribution in [0.2, 0.25) is 0 Å². The van der Waals surface area contributed by atoms with E-state index in [4.69, 9.17) is 0 Å². The second-order valence-corrected chi connectivity index (χ2v) is 7.04. The van der Waals surface area contributed by atoms with Crippen LogP contribution in [0.15, 0.2) is 15.9 Å². The van der Waals surface area contributed by atoms with Crippen LogP contribution in [0.1, 0.15) is 25.7 Å². The van der Waals surface area contributed by atoms with Crippen LogP contribution >= 0.6 is 23.1 Å². The van der Waals surface area contributed by atoms with Gasteiger partial charge < -0.3 is 5.32 Å². The smallest absolute Gasteiger partial charge is 0.149 e. The number of thioether (sulfide) groups is 1. The molecular formula is C12H18N2S2. The maximum atomic E-state index is 4.28. The molecule has 0 aromatic carbocycles. The standard InChI is InChI=1S/C12H18N2S2/c1-2-9(1)11(10-3-4-10)13-5-7-15-12-14-6-8-16-12/h6,8-11,13H,1-5,7H2. The van der Waals surface area contributed by atoms with Crippen LogP contribution in [0.3, 0.4) is 0 Å². The molecule has 2 aliphatic carbocycles. The zero-order valence-electron chi connectivity index (χ0n) is 9.39. The molecule has 2 fully saturated rings. The van der Waals surface area contributed by atoms with E-state index >= 15 is 0 Å². The Morgan fingerprint density at radius 1 is 1.38 bits per heavy atom. The van der Waals surface area contributed by atoms with Crippen LogP contribution in [0.4, 0.5) is 0 Å². The molecular weight excluding hydrogens is 236 g/mol. The largest absolute Gasteiger partial charge is 0.313 e. The van der Waals surface area contributed by atoms with Gasteiger partial charge in [-0.2, -0.15) is 0 Å². The molecule has 0 spiro atoms. The lowest BCUT2D eigenvalue weighted by molar-refractivity contribution is 0.429. The third-order valence-electron chi connectivity index (χ3n) is 3.38. The van der Waals surface area contributed by atoms with Crippen molar-refractivity contribution in [3.8, 4) is 0 Å². The summed E-state index contributed by atoms with van der Waals surface area (Å²) in [6.45, 7) is 1.14. The molecule has 0 bridgehead atoms. The lowest BCUT2D eigenvalue weighted by Gasteiger charge is -2.16. The van der Waals surface area contributed by atoms with Crippen molar-refractivity contribution in [1.29, 1.82) is 0 Å². The molecule has 1 aromatic rings. The van der Waals surface area contributed by atoms with Crippen molar-refractivity contribution in [3.63, 3.8) is 0 Å². The first-order valence-corrected chi connectivity index (χ1v) is 8.05. The molecule has 0 atom stereocenters. The normalized spacial score (nSPS) is 20.6. The highest BCUT2D eigenvalue weighted by Crippen LogP contribution is 2.44. The molecule has 1 aromatic heterocycles. The average molecular weight is 254 g/mol. The lowest BCUT2D eigenvalue weighted by Crippen LogP contribution is -2.34. The van der Waals surface area contributed by atoms with Gasteiger partial charge in [0.1, 0.15) is 4.34 Å². The molecule has 0 amide bonds. The number of hydrogen-bond acceptors (Lipinski definition) is 4. The molecule has 0 radical (unpaired) electrons. The van der Waals surface area contributed by atoms with Crippen LogP contribution in [0.25, 0.3) is 0 Å². The second kappa shape index (κ2) is 5.07. The lowest BCUT2D eigenvalue weighted by atomic mass is 10.1. The molecule has 1 N–H and O–H groups in total. The highest BCUT2D eigenvalue weighted by molar-refractivity contribution is 8.01. The average Bonchev–Trinajstić information content (AvgIpc) is 3.20. The second-order valence-electron chi connectivity index (χ2n) is 4.80. The third-order valence-corrected chi connectivity index (χ3v) is 5.34. The van der Waals surface area contributed by atoms with E-state index in [-0.39, 0.29) is 0 Å². The summed E-state index contributed by atoms with van der Waals surface area (Å²) in [5.74, 6) is 3.18. The SMILES string of the molecule is c1csc(SCCNC(C2CC2)C2CC2)n1. The Morgan fingerprint density at radius 3 is 2.69 bits per heavy atom. The van der Waals surface area contributed by atoms with Crippen molar-refractivity contribution in [2.45, 2.75) is 36.1 Å². The Labute approximate surface area is 105 Å². The summed E-state index contributed by atoms with van der Waals surface area (Å²) in [7, 11) is 0. The Balaban J connectivity index is 1.35. The molecule has 0 saturated heterocycles. The third kappa shape index (κ3) is 2.99. The Morgan fingerprint density at radius 2 is 2.12 bits per heavy atom. The predicted octanol–water partition coefficient (Wildman–Crippen LogP) is 3.01. The number of rotatable bonds is 7. The first-order chi connectivity index (χ1) is 7.93. The minimum absolute atomic E-state index is 0.844. The van der Waals surface area contributed by atoms with Gasteiger partial charge in [-0.3, -0.25) is 0 Å². The fourth-order valence-corrected chi connectivity index (χ4v) is 3.85. The molecule has 4 heteroatoms. The Hall–Kier alpha value is -0.0600. The van der Waals surface area contributed by atoms with Crippen LogP contribution in [0.5, 0.6) is 0 Å². The molecule has 3 rings (SSSR count). The maximum Gasteiger partial charge on any atom is 0.149 e. The van der Waals surface area contributed by atoms with Crippen LogP contribution in [0, 0.1) is 11.8 Å². The molecule has 2 aliphatic rings. The van der Waals surface area contributed by atoms with Crippen molar-refractivity contribution in [2.75, 3.05) is 12.3 Å². The first kappa shape index (κ1) is 11.1. The van der Waals surface area contributed by atoms with Gasteiger partial charge in [0, 0.05) is 29.9 Å². The van der Waals surface area contributed by atoms with Gasteiger partial charge in [0.25, 0.3) is 0 Å². The van der Waals surface area contributed by atoms with Crippen molar-refractivity contribution in [1.82, 2.24) is 10.3 Å². The number of nitrogens with one attached hydrogen (secondary N) is 1. The van der Waals surface area contributed by atoms with E-state index in [1.807, 2.05) is 23.3 Å².